The average Bonchev–Trinajstić information content (AvgIpc) is 2.58. The highest BCUT2D eigenvalue weighted by Crippen LogP contribution is 2.29. The Bertz CT molecular complexity index is 823. The summed E-state index contributed by atoms with van der Waals surface area (Å²) in [5, 5.41) is 1.30. The van der Waals surface area contributed by atoms with Crippen molar-refractivity contribution in [3.63, 3.8) is 0 Å². The molecule has 2 aromatic rings. The van der Waals surface area contributed by atoms with Crippen LogP contribution in [0.4, 0.5) is 0 Å². The monoisotopic (exact) mass is 407 g/mol. The van der Waals surface area contributed by atoms with Gasteiger partial charge in [0.2, 0.25) is 0 Å². The zero-order chi connectivity index (χ0) is 19.3. The van der Waals surface area contributed by atoms with Gasteiger partial charge < -0.3 is 0 Å². The Morgan fingerprint density at radius 2 is 1.81 bits per heavy atom. The van der Waals surface area contributed by atoms with Crippen molar-refractivity contribution in [2.24, 2.45) is 4.40 Å². The topological polar surface area (TPSA) is 29.4 Å². The predicted molar refractivity (Wildman–Crippen MR) is 115 cm³/mol. The maximum absolute atomic E-state index is 12.8. The lowest BCUT2D eigenvalue weighted by atomic mass is 9.87. The Balaban J connectivity index is 2.62. The molecular weight excluding hydrogens is 385 g/mol. The van der Waals surface area contributed by atoms with Crippen LogP contribution in [0.1, 0.15) is 44.2 Å². The third-order valence-corrected chi connectivity index (χ3v) is 5.73. The Kier molecular flexibility index (Phi) is 7.22. The molecule has 2 nitrogen and oxygen atoms in total. The van der Waals surface area contributed by atoms with E-state index in [4.69, 9.17) is 23.2 Å². The quantitative estimate of drug-likeness (QED) is 0.391. The third kappa shape index (κ3) is 5.54. The molecule has 0 saturated heterocycles. The highest BCUT2D eigenvalue weighted by atomic mass is 35.5. The van der Waals surface area contributed by atoms with E-state index in [1.165, 1.54) is 0 Å². The predicted octanol–water partition coefficient (Wildman–Crippen LogP) is 6.60. The van der Waals surface area contributed by atoms with Crippen LogP contribution in [0.25, 0.3) is 0 Å². The second-order valence-electron chi connectivity index (χ2n) is 6.98. The molecule has 0 unspecified atom stereocenters. The van der Waals surface area contributed by atoms with E-state index >= 15 is 0 Å². The van der Waals surface area contributed by atoms with Crippen LogP contribution in [0.15, 0.2) is 65.6 Å². The van der Waals surface area contributed by atoms with Crippen molar-refractivity contribution < 1.29 is 4.21 Å². The minimum absolute atomic E-state index is 0.0984. The molecule has 0 amide bonds. The highest BCUT2D eigenvalue weighted by molar-refractivity contribution is 7.85. The fraction of sp³-hybridized carbons (Fsp3) is 0.286. The summed E-state index contributed by atoms with van der Waals surface area (Å²) >= 11 is 12.2. The van der Waals surface area contributed by atoms with Gasteiger partial charge in [0, 0.05) is 16.0 Å². The molecule has 0 N–H and O–H groups in total. The van der Waals surface area contributed by atoms with Gasteiger partial charge in [-0.2, -0.15) is 4.40 Å². The standard InChI is InChI=1S/C21H23Cl2NOS/c1-5-7-19(16-8-6-9-18(23)14-16)20(24-26(25)21(2,3)4)15-10-12-17(22)13-11-15/h5-6,8-14,19H,1,7H2,2-4H3/t19-,26+/m0/s1. The average molecular weight is 408 g/mol. The summed E-state index contributed by atoms with van der Waals surface area (Å²) in [6.45, 7) is 9.61. The van der Waals surface area contributed by atoms with Crippen LogP contribution >= 0.6 is 23.2 Å². The van der Waals surface area contributed by atoms with Crippen LogP contribution in [0, 0.1) is 0 Å². The Hall–Kier alpha value is -1.42. The third-order valence-electron chi connectivity index (χ3n) is 3.83. The fourth-order valence-corrected chi connectivity index (χ4v) is 3.47. The van der Waals surface area contributed by atoms with Gasteiger partial charge in [0.1, 0.15) is 11.0 Å². The SMILES string of the molecule is C=CC[C@H](C(=N[S@](=O)C(C)(C)C)c1ccc(Cl)cc1)c1cccc(Cl)c1. The summed E-state index contributed by atoms with van der Waals surface area (Å²) in [4.78, 5) is 0. The Morgan fingerprint density at radius 3 is 2.35 bits per heavy atom. The van der Waals surface area contributed by atoms with Crippen molar-refractivity contribution in [1.82, 2.24) is 0 Å². The first-order valence-electron chi connectivity index (χ1n) is 8.35. The van der Waals surface area contributed by atoms with Gasteiger partial charge >= 0.3 is 0 Å². The Labute approximate surface area is 168 Å². The number of nitrogens with zero attached hydrogens (tertiary/aromatic N) is 1. The van der Waals surface area contributed by atoms with Gasteiger partial charge in [-0.3, -0.25) is 0 Å². The van der Waals surface area contributed by atoms with Gasteiger partial charge in [0.25, 0.3) is 0 Å². The van der Waals surface area contributed by atoms with Gasteiger partial charge in [-0.05, 0) is 62.6 Å². The molecule has 0 fully saturated rings. The van der Waals surface area contributed by atoms with E-state index in [9.17, 15) is 4.21 Å². The van der Waals surface area contributed by atoms with Crippen LogP contribution in [0.2, 0.25) is 10.0 Å². The molecular formula is C21H23Cl2NOS. The minimum atomic E-state index is -1.39. The van der Waals surface area contributed by atoms with Crippen LogP contribution in [0.3, 0.4) is 0 Å². The van der Waals surface area contributed by atoms with Crippen molar-refractivity contribution in [2.75, 3.05) is 0 Å². The van der Waals surface area contributed by atoms with E-state index in [0.29, 0.717) is 16.5 Å². The zero-order valence-corrected chi connectivity index (χ0v) is 17.5. The van der Waals surface area contributed by atoms with Crippen molar-refractivity contribution >= 4 is 39.9 Å². The first-order chi connectivity index (χ1) is 12.2. The molecule has 0 bridgehead atoms. The van der Waals surface area contributed by atoms with Crippen molar-refractivity contribution in [3.8, 4) is 0 Å². The molecule has 5 heteroatoms. The van der Waals surface area contributed by atoms with Crippen molar-refractivity contribution in [1.29, 1.82) is 0 Å². The molecule has 0 spiro atoms. The van der Waals surface area contributed by atoms with Crippen LogP contribution in [-0.2, 0) is 11.0 Å². The number of allylic oxidation sites excluding steroid dienone is 1. The first-order valence-corrected chi connectivity index (χ1v) is 10.2. The van der Waals surface area contributed by atoms with Crippen molar-refractivity contribution in [2.45, 2.75) is 37.9 Å². The van der Waals surface area contributed by atoms with E-state index in [2.05, 4.69) is 11.0 Å². The van der Waals surface area contributed by atoms with E-state index in [1.807, 2.05) is 75.4 Å². The number of rotatable bonds is 6. The second kappa shape index (κ2) is 8.98. The molecule has 0 heterocycles. The van der Waals surface area contributed by atoms with E-state index < -0.39 is 15.7 Å². The van der Waals surface area contributed by atoms with E-state index in [0.717, 1.165) is 16.8 Å². The molecule has 138 valence electrons. The first kappa shape index (κ1) is 20.9. The van der Waals surface area contributed by atoms with Crippen LogP contribution < -0.4 is 0 Å². The summed E-state index contributed by atoms with van der Waals surface area (Å²) in [6.07, 6.45) is 2.50. The summed E-state index contributed by atoms with van der Waals surface area (Å²) < 4.78 is 16.9. The normalized spacial score (nSPS) is 14.7. The molecule has 0 aliphatic heterocycles. The maximum Gasteiger partial charge on any atom is 0.145 e. The molecule has 0 aliphatic rings. The van der Waals surface area contributed by atoms with Gasteiger partial charge in [0.15, 0.2) is 0 Å². The molecule has 0 aliphatic carbocycles. The van der Waals surface area contributed by atoms with Gasteiger partial charge in [-0.1, -0.05) is 53.5 Å². The molecule has 2 atom stereocenters. The number of benzene rings is 2. The fourth-order valence-electron chi connectivity index (χ4n) is 2.46. The lowest BCUT2D eigenvalue weighted by molar-refractivity contribution is 0.650. The molecule has 0 radical (unpaired) electrons. The number of hydrogen-bond donors (Lipinski definition) is 0. The van der Waals surface area contributed by atoms with Gasteiger partial charge in [-0.15, -0.1) is 6.58 Å². The summed E-state index contributed by atoms with van der Waals surface area (Å²) in [7, 11) is -1.39. The smallest absolute Gasteiger partial charge is 0.145 e. The molecule has 0 saturated carbocycles. The molecule has 2 rings (SSSR count). The lowest BCUT2D eigenvalue weighted by Crippen LogP contribution is -2.23. The number of hydrogen-bond acceptors (Lipinski definition) is 1. The number of halogens is 2. The van der Waals surface area contributed by atoms with Crippen molar-refractivity contribution in [3.05, 3.63) is 82.4 Å². The minimum Gasteiger partial charge on any atom is -0.234 e. The molecule has 26 heavy (non-hydrogen) atoms. The Morgan fingerprint density at radius 1 is 1.15 bits per heavy atom. The van der Waals surface area contributed by atoms with E-state index in [-0.39, 0.29) is 5.92 Å². The van der Waals surface area contributed by atoms with Crippen LogP contribution in [-0.4, -0.2) is 14.7 Å². The zero-order valence-electron chi connectivity index (χ0n) is 15.2. The molecule has 2 aromatic carbocycles. The summed E-state index contributed by atoms with van der Waals surface area (Å²) in [5.41, 5.74) is 2.65. The molecule has 0 aromatic heterocycles. The lowest BCUT2D eigenvalue weighted by Gasteiger charge is -2.21. The maximum atomic E-state index is 12.8. The van der Waals surface area contributed by atoms with Gasteiger partial charge in [0.05, 0.1) is 10.5 Å². The highest BCUT2D eigenvalue weighted by Gasteiger charge is 2.25. The second-order valence-corrected chi connectivity index (χ2v) is 9.76. The largest absolute Gasteiger partial charge is 0.234 e. The van der Waals surface area contributed by atoms with E-state index in [1.54, 1.807) is 0 Å². The van der Waals surface area contributed by atoms with Gasteiger partial charge in [-0.25, -0.2) is 4.21 Å². The summed E-state index contributed by atoms with van der Waals surface area (Å²) in [6, 6.07) is 15.1. The van der Waals surface area contributed by atoms with Crippen LogP contribution in [0.5, 0.6) is 0 Å². The summed E-state index contributed by atoms with van der Waals surface area (Å²) in [5.74, 6) is -0.0984.